The first kappa shape index (κ1) is 27.6. The maximum absolute atomic E-state index is 12.8. The largest absolute Gasteiger partial charge is 0.387 e. The van der Waals surface area contributed by atoms with Crippen molar-refractivity contribution in [1.29, 1.82) is 0 Å². The van der Waals surface area contributed by atoms with E-state index in [-0.39, 0.29) is 27.9 Å². The van der Waals surface area contributed by atoms with Gasteiger partial charge in [0.2, 0.25) is 9.84 Å². The molecular weight excluding hydrogens is 501 g/mol. The number of hydrogen-bond acceptors (Lipinski definition) is 7. The third-order valence-corrected chi connectivity index (χ3v) is 6.81. The Morgan fingerprint density at radius 3 is 2.24 bits per heavy atom. The van der Waals surface area contributed by atoms with Gasteiger partial charge in [0.1, 0.15) is 0 Å². The summed E-state index contributed by atoms with van der Waals surface area (Å²) in [5.74, 6) is -0.397. The van der Waals surface area contributed by atoms with E-state index in [0.29, 0.717) is 24.5 Å². The molecule has 0 fully saturated rings. The van der Waals surface area contributed by atoms with Gasteiger partial charge >= 0.3 is 5.97 Å². The monoisotopic (exact) mass is 525 g/mol. The topological polar surface area (TPSA) is 102 Å². The minimum atomic E-state index is -3.70. The van der Waals surface area contributed by atoms with Crippen molar-refractivity contribution in [3.63, 3.8) is 0 Å². The summed E-state index contributed by atoms with van der Waals surface area (Å²) in [4.78, 5) is 20.2. The van der Waals surface area contributed by atoms with Crippen molar-refractivity contribution in [3.05, 3.63) is 88.9 Å². The molecule has 0 aliphatic rings. The Hall–Kier alpha value is -2.62. The van der Waals surface area contributed by atoms with Gasteiger partial charge in [-0.05, 0) is 72.6 Å². The van der Waals surface area contributed by atoms with E-state index in [1.54, 1.807) is 42.5 Å². The molecule has 34 heavy (non-hydrogen) atoms. The first-order valence-electron chi connectivity index (χ1n) is 10.2. The third-order valence-electron chi connectivity index (χ3n) is 4.78. The van der Waals surface area contributed by atoms with Crippen LogP contribution in [0.2, 0.25) is 5.02 Å². The molecule has 0 unspecified atom stereocenters. The lowest BCUT2D eigenvalue weighted by atomic mass is 10.1. The number of hydrogen-bond donors (Lipinski definition) is 2. The van der Waals surface area contributed by atoms with E-state index < -0.39 is 21.9 Å². The number of carbonyl (C=O) groups excluding carboxylic acids is 1. The van der Waals surface area contributed by atoms with Gasteiger partial charge in [-0.3, -0.25) is 9.78 Å². The summed E-state index contributed by atoms with van der Waals surface area (Å²) in [6.45, 7) is 2.19. The van der Waals surface area contributed by atoms with Gasteiger partial charge in [0.15, 0.2) is 5.75 Å². The fourth-order valence-electron chi connectivity index (χ4n) is 3.06. The highest BCUT2D eigenvalue weighted by molar-refractivity contribution is 7.91. The molecule has 3 aromatic rings. The highest BCUT2D eigenvalue weighted by Crippen LogP contribution is 2.24. The second-order valence-corrected chi connectivity index (χ2v) is 9.69. The lowest BCUT2D eigenvalue weighted by Crippen LogP contribution is -2.23. The molecule has 0 saturated heterocycles. The number of nitrogens with one attached hydrogen (secondary N) is 1. The fraction of sp³-hybridized carbons (Fsp3) is 0.208. The van der Waals surface area contributed by atoms with Crippen LogP contribution in [0.4, 0.5) is 0 Å². The fourth-order valence-corrected chi connectivity index (χ4v) is 4.52. The zero-order chi connectivity index (χ0) is 23.8. The molecule has 0 saturated carbocycles. The van der Waals surface area contributed by atoms with E-state index in [1.807, 2.05) is 6.07 Å². The quantitative estimate of drug-likeness (QED) is 0.231. The van der Waals surface area contributed by atoms with E-state index >= 15 is 0 Å². The molecule has 7 nitrogen and oxygen atoms in total. The number of rotatable bonds is 10. The van der Waals surface area contributed by atoms with Gasteiger partial charge in [0.25, 0.3) is 0 Å². The lowest BCUT2D eigenvalue weighted by molar-refractivity contribution is -0.210. The minimum Gasteiger partial charge on any atom is -0.387 e. The third kappa shape index (κ3) is 7.72. The van der Waals surface area contributed by atoms with Crippen molar-refractivity contribution in [2.24, 2.45) is 0 Å². The van der Waals surface area contributed by atoms with Crippen LogP contribution in [-0.4, -0.2) is 32.6 Å². The molecule has 1 atom stereocenters. The van der Waals surface area contributed by atoms with Gasteiger partial charge in [-0.1, -0.05) is 35.9 Å². The normalized spacial score (nSPS) is 11.9. The predicted molar refractivity (Wildman–Crippen MR) is 131 cm³/mol. The summed E-state index contributed by atoms with van der Waals surface area (Å²) in [5.41, 5.74) is 1.71. The summed E-state index contributed by atoms with van der Waals surface area (Å²) in [5, 5.41) is 14.0. The van der Waals surface area contributed by atoms with Crippen LogP contribution in [0.5, 0.6) is 5.75 Å². The molecule has 10 heteroatoms. The second kappa shape index (κ2) is 12.7. The van der Waals surface area contributed by atoms with Crippen molar-refractivity contribution < 1.29 is 28.1 Å². The van der Waals surface area contributed by atoms with E-state index in [0.717, 1.165) is 11.1 Å². The van der Waals surface area contributed by atoms with E-state index in [1.165, 1.54) is 31.2 Å². The van der Waals surface area contributed by atoms with Crippen LogP contribution in [0.1, 0.15) is 24.2 Å². The Labute approximate surface area is 209 Å². The van der Waals surface area contributed by atoms with Crippen molar-refractivity contribution in [2.75, 3.05) is 13.1 Å². The second-order valence-electron chi connectivity index (χ2n) is 7.30. The van der Waals surface area contributed by atoms with Crippen molar-refractivity contribution in [3.8, 4) is 5.75 Å². The van der Waals surface area contributed by atoms with Crippen LogP contribution in [0.3, 0.4) is 0 Å². The molecule has 2 N–H and O–H groups in total. The standard InChI is InChI=1S/C24H24ClNO6S.ClH/c1-17(27)31-32-21-7-11-23(12-8-21)33(29,30)22-9-5-18(6-10-22)13-14-26-16-24(28)19-3-2-4-20(25)15-19;/h2-12,15,24,26,28H,13-14,16H2,1H3;1H/t24-;/m0./s1. The highest BCUT2D eigenvalue weighted by atomic mass is 35.5. The number of aliphatic hydroxyl groups excluding tert-OH is 1. The SMILES string of the molecule is CC(=O)OOc1ccc(S(=O)(=O)c2ccc(CCNC[C@H](O)c3cccc(Cl)c3)cc2)cc1.Cl. The Kier molecular flexibility index (Phi) is 10.3. The van der Waals surface area contributed by atoms with Crippen LogP contribution in [0.15, 0.2) is 82.6 Å². The summed E-state index contributed by atoms with van der Waals surface area (Å²) >= 11 is 5.95. The van der Waals surface area contributed by atoms with Crippen LogP contribution in [0.25, 0.3) is 0 Å². The number of benzene rings is 3. The number of aliphatic hydroxyl groups is 1. The van der Waals surface area contributed by atoms with Crippen LogP contribution >= 0.6 is 24.0 Å². The summed E-state index contributed by atoms with van der Waals surface area (Å²) in [7, 11) is -3.70. The molecule has 0 heterocycles. The zero-order valence-corrected chi connectivity index (χ0v) is 20.7. The Bertz CT molecular complexity index is 1180. The molecule has 0 aromatic heterocycles. The number of sulfone groups is 1. The molecule has 3 rings (SSSR count). The summed E-state index contributed by atoms with van der Waals surface area (Å²) < 4.78 is 25.7. The zero-order valence-electron chi connectivity index (χ0n) is 18.3. The average molecular weight is 526 g/mol. The summed E-state index contributed by atoms with van der Waals surface area (Å²) in [6.07, 6.45) is 0.00662. The average Bonchev–Trinajstić information content (AvgIpc) is 2.81. The van der Waals surface area contributed by atoms with Gasteiger partial charge < -0.3 is 10.4 Å². The number of halogens is 2. The molecular formula is C24H25Cl2NO6S. The van der Waals surface area contributed by atoms with Crippen LogP contribution in [-0.2, 0) is 25.9 Å². The Morgan fingerprint density at radius 1 is 1.03 bits per heavy atom. The molecule has 182 valence electrons. The van der Waals surface area contributed by atoms with Gasteiger partial charge in [-0.25, -0.2) is 13.2 Å². The van der Waals surface area contributed by atoms with Gasteiger partial charge in [-0.15, -0.1) is 12.4 Å². The summed E-state index contributed by atoms with van der Waals surface area (Å²) in [6, 6.07) is 19.3. The highest BCUT2D eigenvalue weighted by Gasteiger charge is 2.18. The minimum absolute atomic E-state index is 0. The first-order chi connectivity index (χ1) is 15.8. The van der Waals surface area contributed by atoms with Crippen molar-refractivity contribution >= 4 is 39.8 Å². The molecule has 0 aliphatic carbocycles. The van der Waals surface area contributed by atoms with Crippen LogP contribution < -0.4 is 10.2 Å². The maximum Gasteiger partial charge on any atom is 0.352 e. The Balaban J connectivity index is 0.00000408. The smallest absolute Gasteiger partial charge is 0.352 e. The molecule has 0 bridgehead atoms. The van der Waals surface area contributed by atoms with E-state index in [2.05, 4.69) is 10.2 Å². The first-order valence-corrected chi connectivity index (χ1v) is 12.1. The van der Waals surface area contributed by atoms with E-state index in [9.17, 15) is 18.3 Å². The molecule has 0 aliphatic heterocycles. The maximum atomic E-state index is 12.8. The van der Waals surface area contributed by atoms with Gasteiger partial charge in [0.05, 0.1) is 15.9 Å². The van der Waals surface area contributed by atoms with Crippen molar-refractivity contribution in [2.45, 2.75) is 29.2 Å². The van der Waals surface area contributed by atoms with Crippen molar-refractivity contribution in [1.82, 2.24) is 5.32 Å². The molecule has 3 aromatic carbocycles. The lowest BCUT2D eigenvalue weighted by Gasteiger charge is -2.12. The van der Waals surface area contributed by atoms with Crippen LogP contribution in [0, 0.1) is 0 Å². The Morgan fingerprint density at radius 2 is 1.65 bits per heavy atom. The number of carbonyl (C=O) groups is 1. The molecule has 0 radical (unpaired) electrons. The molecule has 0 spiro atoms. The predicted octanol–water partition coefficient (Wildman–Crippen LogP) is 4.32. The van der Waals surface area contributed by atoms with Gasteiger partial charge in [-0.2, -0.15) is 0 Å². The van der Waals surface area contributed by atoms with E-state index in [4.69, 9.17) is 16.5 Å². The van der Waals surface area contributed by atoms with Gasteiger partial charge in [0, 0.05) is 18.5 Å². The molecule has 0 amide bonds.